The zero-order valence-corrected chi connectivity index (χ0v) is 9.50. The van der Waals surface area contributed by atoms with E-state index in [-0.39, 0.29) is 5.82 Å². The maximum atomic E-state index is 13.6. The molecular weight excluding hydrogens is 191 g/mol. The quantitative estimate of drug-likeness (QED) is 0.743. The molecule has 0 atom stereocenters. The molecule has 0 saturated heterocycles. The second kappa shape index (κ2) is 3.90. The summed E-state index contributed by atoms with van der Waals surface area (Å²) in [5, 5.41) is 8.93. The highest BCUT2D eigenvalue weighted by Crippen LogP contribution is 2.26. The number of hydrogen-bond donors (Lipinski definition) is 0. The molecule has 1 aromatic rings. The van der Waals surface area contributed by atoms with E-state index in [1.54, 1.807) is 45.0 Å². The van der Waals surface area contributed by atoms with E-state index in [1.165, 1.54) is 6.07 Å². The average molecular weight is 206 g/mol. The number of benzene rings is 1. The molecule has 0 aliphatic heterocycles. The molecule has 3 heteroatoms. The van der Waals surface area contributed by atoms with Crippen molar-refractivity contribution in [2.45, 2.75) is 19.3 Å². The summed E-state index contributed by atoms with van der Waals surface area (Å²) in [7, 11) is 3.57. The van der Waals surface area contributed by atoms with Crippen LogP contribution >= 0.6 is 0 Å². The lowest BCUT2D eigenvalue weighted by molar-refractivity contribution is 0.611. The van der Waals surface area contributed by atoms with Gasteiger partial charge in [-0.3, -0.25) is 0 Å². The van der Waals surface area contributed by atoms with E-state index in [2.05, 4.69) is 6.07 Å². The number of anilines is 1. The Morgan fingerprint density at radius 2 is 1.93 bits per heavy atom. The zero-order chi connectivity index (χ0) is 11.6. The summed E-state index contributed by atoms with van der Waals surface area (Å²) < 4.78 is 13.6. The Kier molecular flexibility index (Phi) is 2.99. The molecule has 0 amide bonds. The Morgan fingerprint density at radius 3 is 2.33 bits per heavy atom. The molecule has 0 heterocycles. The first-order valence-corrected chi connectivity index (χ1v) is 4.77. The topological polar surface area (TPSA) is 27.0 Å². The van der Waals surface area contributed by atoms with Gasteiger partial charge in [0, 0.05) is 14.1 Å². The highest BCUT2D eigenvalue weighted by molar-refractivity contribution is 5.49. The van der Waals surface area contributed by atoms with Gasteiger partial charge in [0.15, 0.2) is 0 Å². The molecule has 15 heavy (non-hydrogen) atoms. The highest BCUT2D eigenvalue weighted by Gasteiger charge is 2.21. The van der Waals surface area contributed by atoms with Crippen LogP contribution in [0, 0.1) is 17.1 Å². The van der Waals surface area contributed by atoms with Crippen LogP contribution in [-0.2, 0) is 5.41 Å². The first-order chi connectivity index (χ1) is 6.88. The SMILES string of the molecule is CN(C)c1ccc(C(C)(C)C#N)cc1F. The minimum atomic E-state index is -0.647. The van der Waals surface area contributed by atoms with Crippen molar-refractivity contribution in [3.8, 4) is 6.07 Å². The van der Waals surface area contributed by atoms with Crippen molar-refractivity contribution >= 4 is 5.69 Å². The highest BCUT2D eigenvalue weighted by atomic mass is 19.1. The van der Waals surface area contributed by atoms with Gasteiger partial charge in [0.05, 0.1) is 17.2 Å². The van der Waals surface area contributed by atoms with Gasteiger partial charge in [-0.1, -0.05) is 6.07 Å². The molecule has 80 valence electrons. The van der Waals surface area contributed by atoms with Crippen molar-refractivity contribution in [1.29, 1.82) is 5.26 Å². The number of rotatable bonds is 2. The second-order valence-electron chi connectivity index (χ2n) is 4.30. The van der Waals surface area contributed by atoms with Gasteiger partial charge in [-0.05, 0) is 31.5 Å². The molecule has 1 rings (SSSR count). The lowest BCUT2D eigenvalue weighted by Crippen LogP contribution is -2.16. The standard InChI is InChI=1S/C12H15FN2/c1-12(2,8-14)9-5-6-11(15(3)4)10(13)7-9/h5-7H,1-4H3. The van der Waals surface area contributed by atoms with Crippen LogP contribution in [0.4, 0.5) is 10.1 Å². The largest absolute Gasteiger partial charge is 0.375 e. The van der Waals surface area contributed by atoms with Crippen LogP contribution in [-0.4, -0.2) is 14.1 Å². The molecule has 0 aromatic heterocycles. The van der Waals surface area contributed by atoms with Gasteiger partial charge in [0.25, 0.3) is 0 Å². The minimum absolute atomic E-state index is 0.291. The fraction of sp³-hybridized carbons (Fsp3) is 0.417. The van der Waals surface area contributed by atoms with E-state index in [1.807, 2.05) is 0 Å². The molecule has 2 nitrogen and oxygen atoms in total. The van der Waals surface area contributed by atoms with Gasteiger partial charge in [0.1, 0.15) is 5.82 Å². The first kappa shape index (κ1) is 11.5. The second-order valence-corrected chi connectivity index (χ2v) is 4.30. The number of nitrogens with zero attached hydrogens (tertiary/aromatic N) is 2. The molecule has 0 saturated carbocycles. The summed E-state index contributed by atoms with van der Waals surface area (Å²) in [6, 6.07) is 7.07. The zero-order valence-electron chi connectivity index (χ0n) is 9.50. The summed E-state index contributed by atoms with van der Waals surface area (Å²) in [6.45, 7) is 3.55. The van der Waals surface area contributed by atoms with Crippen LogP contribution in [0.5, 0.6) is 0 Å². The van der Waals surface area contributed by atoms with Crippen LogP contribution < -0.4 is 4.90 Å². The molecule has 0 N–H and O–H groups in total. The van der Waals surface area contributed by atoms with Gasteiger partial charge >= 0.3 is 0 Å². The van der Waals surface area contributed by atoms with Gasteiger partial charge in [0.2, 0.25) is 0 Å². The van der Waals surface area contributed by atoms with E-state index in [0.29, 0.717) is 11.3 Å². The normalized spacial score (nSPS) is 10.9. The Bertz CT molecular complexity index is 403. The van der Waals surface area contributed by atoms with Gasteiger partial charge < -0.3 is 4.90 Å². The van der Waals surface area contributed by atoms with Gasteiger partial charge in [-0.15, -0.1) is 0 Å². The van der Waals surface area contributed by atoms with Gasteiger partial charge in [-0.2, -0.15) is 5.26 Å². The Balaban J connectivity index is 3.19. The van der Waals surface area contributed by atoms with Crippen LogP contribution in [0.3, 0.4) is 0 Å². The summed E-state index contributed by atoms with van der Waals surface area (Å²) in [4.78, 5) is 1.71. The Hall–Kier alpha value is -1.56. The maximum Gasteiger partial charge on any atom is 0.146 e. The third kappa shape index (κ3) is 2.27. The van der Waals surface area contributed by atoms with E-state index in [4.69, 9.17) is 5.26 Å². The molecule has 0 fully saturated rings. The summed E-state index contributed by atoms with van der Waals surface area (Å²) in [5.74, 6) is -0.291. The number of hydrogen-bond acceptors (Lipinski definition) is 2. The smallest absolute Gasteiger partial charge is 0.146 e. The van der Waals surface area contributed by atoms with Crippen LogP contribution in [0.25, 0.3) is 0 Å². The van der Waals surface area contributed by atoms with Crippen LogP contribution in [0.2, 0.25) is 0 Å². The molecular formula is C12H15FN2. The molecule has 0 radical (unpaired) electrons. The van der Waals surface area contributed by atoms with E-state index < -0.39 is 5.41 Å². The van der Waals surface area contributed by atoms with Crippen molar-refractivity contribution in [2.75, 3.05) is 19.0 Å². The molecule has 0 spiro atoms. The van der Waals surface area contributed by atoms with Gasteiger partial charge in [-0.25, -0.2) is 4.39 Å². The summed E-state index contributed by atoms with van der Waals surface area (Å²) in [6.07, 6.45) is 0. The van der Waals surface area contributed by atoms with Crippen molar-refractivity contribution in [3.63, 3.8) is 0 Å². The van der Waals surface area contributed by atoms with E-state index in [0.717, 1.165) is 0 Å². The van der Waals surface area contributed by atoms with E-state index >= 15 is 0 Å². The maximum absolute atomic E-state index is 13.6. The average Bonchev–Trinajstić information content (AvgIpc) is 2.17. The van der Waals surface area contributed by atoms with Crippen molar-refractivity contribution in [3.05, 3.63) is 29.6 Å². The molecule has 1 aromatic carbocycles. The van der Waals surface area contributed by atoms with Crippen molar-refractivity contribution in [1.82, 2.24) is 0 Å². The predicted octanol–water partition coefficient (Wildman–Crippen LogP) is 2.69. The first-order valence-electron chi connectivity index (χ1n) is 4.77. The van der Waals surface area contributed by atoms with Crippen LogP contribution in [0.15, 0.2) is 18.2 Å². The number of nitriles is 1. The van der Waals surface area contributed by atoms with Crippen molar-refractivity contribution in [2.24, 2.45) is 0 Å². The third-order valence-electron chi connectivity index (χ3n) is 2.43. The lowest BCUT2D eigenvalue weighted by Gasteiger charge is -2.19. The Morgan fingerprint density at radius 1 is 1.33 bits per heavy atom. The summed E-state index contributed by atoms with van der Waals surface area (Å²) >= 11 is 0. The van der Waals surface area contributed by atoms with E-state index in [9.17, 15) is 4.39 Å². The Labute approximate surface area is 89.9 Å². The minimum Gasteiger partial charge on any atom is -0.375 e. The molecule has 0 aliphatic rings. The van der Waals surface area contributed by atoms with Crippen molar-refractivity contribution < 1.29 is 4.39 Å². The predicted molar refractivity (Wildman–Crippen MR) is 59.4 cm³/mol. The monoisotopic (exact) mass is 206 g/mol. The molecule has 0 unspecified atom stereocenters. The summed E-state index contributed by atoms with van der Waals surface area (Å²) in [5.41, 5.74) is 0.590. The third-order valence-corrected chi connectivity index (χ3v) is 2.43. The number of halogens is 1. The van der Waals surface area contributed by atoms with Crippen LogP contribution in [0.1, 0.15) is 19.4 Å². The molecule has 0 bridgehead atoms. The fourth-order valence-corrected chi connectivity index (χ4v) is 1.32. The molecule has 0 aliphatic carbocycles. The fourth-order valence-electron chi connectivity index (χ4n) is 1.32. The lowest BCUT2D eigenvalue weighted by atomic mass is 9.86.